The molecule has 5 aromatic rings. The monoisotopic (exact) mass is 561 g/mol. The molecule has 8 nitrogen and oxygen atoms in total. The quantitative estimate of drug-likeness (QED) is 0.208. The molecule has 204 valence electrons. The van der Waals surface area contributed by atoms with Crippen molar-refractivity contribution in [3.05, 3.63) is 126 Å². The number of aromatic carboxylic acids is 1. The Morgan fingerprint density at radius 1 is 0.951 bits per heavy atom. The lowest BCUT2D eigenvalue weighted by Gasteiger charge is -2.29. The number of aromatic nitrogens is 2. The molecule has 0 radical (unpaired) electrons. The molecule has 41 heavy (non-hydrogen) atoms. The molecule has 0 aliphatic carbocycles. The topological polar surface area (TPSA) is 99.5 Å². The van der Waals surface area contributed by atoms with Crippen LogP contribution in [0.1, 0.15) is 40.3 Å². The zero-order valence-electron chi connectivity index (χ0n) is 22.0. The SMILES string of the molecule is O=C(CCN1C(=S)NC(c2ccccn2)C1c1cccn1-c1cccc(C(=O)O)c1)Nc1cccc2ccccc12. The molecule has 1 amide bonds. The van der Waals surface area contributed by atoms with Gasteiger partial charge in [0.05, 0.1) is 23.3 Å². The predicted molar refractivity (Wildman–Crippen MR) is 162 cm³/mol. The van der Waals surface area contributed by atoms with Crippen molar-refractivity contribution in [3.63, 3.8) is 0 Å². The number of carbonyl (C=O) groups excluding carboxylic acids is 1. The summed E-state index contributed by atoms with van der Waals surface area (Å²) in [6.07, 6.45) is 3.86. The number of hydrogen-bond donors (Lipinski definition) is 3. The molecule has 2 unspecified atom stereocenters. The molecule has 1 aliphatic rings. The van der Waals surface area contributed by atoms with Crippen LogP contribution in [0.3, 0.4) is 0 Å². The standard InChI is InChI=1S/C32H27N5O3S/c38-28(34-25-14-6-9-21-8-1-2-12-24(21)25)16-19-37-30(29(35-32(37)41)26-13-3-4-17-33-26)27-15-7-18-36(27)23-11-5-10-22(20-23)31(39)40/h1-15,17-18,20,29-30H,16,19H2,(H,34,38)(H,35,41)(H,39,40). The minimum Gasteiger partial charge on any atom is -0.478 e. The summed E-state index contributed by atoms with van der Waals surface area (Å²) in [6.45, 7) is 0.372. The van der Waals surface area contributed by atoms with Gasteiger partial charge in [-0.15, -0.1) is 0 Å². The van der Waals surface area contributed by atoms with E-state index < -0.39 is 5.97 Å². The summed E-state index contributed by atoms with van der Waals surface area (Å²) >= 11 is 5.80. The lowest BCUT2D eigenvalue weighted by Crippen LogP contribution is -2.33. The summed E-state index contributed by atoms with van der Waals surface area (Å²) in [5.41, 5.74) is 3.39. The fourth-order valence-electron chi connectivity index (χ4n) is 5.40. The van der Waals surface area contributed by atoms with Gasteiger partial charge in [-0.25, -0.2) is 4.79 Å². The highest BCUT2D eigenvalue weighted by atomic mass is 32.1. The number of carboxylic acids is 1. The van der Waals surface area contributed by atoms with E-state index in [2.05, 4.69) is 15.6 Å². The van der Waals surface area contributed by atoms with Crippen LogP contribution >= 0.6 is 12.2 Å². The first-order chi connectivity index (χ1) is 20.0. The van der Waals surface area contributed by atoms with E-state index in [1.54, 1.807) is 24.4 Å². The molecular formula is C32H27N5O3S. The number of rotatable bonds is 8. The molecule has 3 heterocycles. The molecule has 0 bridgehead atoms. The summed E-state index contributed by atoms with van der Waals surface area (Å²) in [6, 6.07) is 29.7. The molecular weight excluding hydrogens is 534 g/mol. The van der Waals surface area contributed by atoms with Crippen molar-refractivity contribution < 1.29 is 14.7 Å². The van der Waals surface area contributed by atoms with Crippen LogP contribution in [0.5, 0.6) is 0 Å². The highest BCUT2D eigenvalue weighted by Gasteiger charge is 2.41. The maximum atomic E-state index is 13.2. The first kappa shape index (κ1) is 26.2. The van der Waals surface area contributed by atoms with Crippen LogP contribution in [0.2, 0.25) is 0 Å². The van der Waals surface area contributed by atoms with E-state index in [1.165, 1.54) is 0 Å². The van der Waals surface area contributed by atoms with Crippen LogP contribution in [0, 0.1) is 0 Å². The van der Waals surface area contributed by atoms with Gasteiger partial charge in [-0.3, -0.25) is 9.78 Å². The normalized spacial score (nSPS) is 16.5. The molecule has 6 rings (SSSR count). The summed E-state index contributed by atoms with van der Waals surface area (Å²) in [5, 5.41) is 18.6. The largest absolute Gasteiger partial charge is 0.478 e. The van der Waals surface area contributed by atoms with E-state index in [9.17, 15) is 14.7 Å². The summed E-state index contributed by atoms with van der Waals surface area (Å²) < 4.78 is 1.96. The number of nitrogens with zero attached hydrogens (tertiary/aromatic N) is 3. The molecule has 0 spiro atoms. The minimum absolute atomic E-state index is 0.117. The molecule has 9 heteroatoms. The number of benzene rings is 3. The van der Waals surface area contributed by atoms with Gasteiger partial charge in [0, 0.05) is 47.8 Å². The van der Waals surface area contributed by atoms with Crippen LogP contribution in [0.4, 0.5) is 5.69 Å². The maximum absolute atomic E-state index is 13.2. The van der Waals surface area contributed by atoms with Crippen LogP contribution in [-0.2, 0) is 4.79 Å². The first-order valence-electron chi connectivity index (χ1n) is 13.3. The summed E-state index contributed by atoms with van der Waals surface area (Å²) in [7, 11) is 0. The number of pyridine rings is 1. The number of nitrogens with one attached hydrogen (secondary N) is 2. The Morgan fingerprint density at radius 2 is 1.76 bits per heavy atom. The number of hydrogen-bond acceptors (Lipinski definition) is 4. The zero-order valence-corrected chi connectivity index (χ0v) is 22.8. The van der Waals surface area contributed by atoms with Gasteiger partial charge in [0.1, 0.15) is 0 Å². The van der Waals surface area contributed by atoms with Crippen molar-refractivity contribution in [3.8, 4) is 5.69 Å². The number of thiocarbonyl (C=S) groups is 1. The molecule has 1 saturated heterocycles. The van der Waals surface area contributed by atoms with Crippen LogP contribution in [-0.4, -0.2) is 43.1 Å². The number of carbonyl (C=O) groups is 2. The molecule has 2 atom stereocenters. The van der Waals surface area contributed by atoms with Gasteiger partial charge in [-0.05, 0) is 66.1 Å². The molecule has 2 aromatic heterocycles. The van der Waals surface area contributed by atoms with E-state index >= 15 is 0 Å². The number of carboxylic acid groups (broad SMARTS) is 1. The van der Waals surface area contributed by atoms with E-state index in [4.69, 9.17) is 12.2 Å². The smallest absolute Gasteiger partial charge is 0.335 e. The van der Waals surface area contributed by atoms with Crippen molar-refractivity contribution in [2.45, 2.75) is 18.5 Å². The van der Waals surface area contributed by atoms with Gasteiger partial charge in [-0.2, -0.15) is 0 Å². The van der Waals surface area contributed by atoms with Crippen molar-refractivity contribution >= 4 is 45.7 Å². The Morgan fingerprint density at radius 3 is 2.59 bits per heavy atom. The Bertz CT molecular complexity index is 1750. The molecule has 1 aliphatic heterocycles. The number of anilines is 1. The molecule has 3 aromatic carbocycles. The van der Waals surface area contributed by atoms with Gasteiger partial charge in [-0.1, -0.05) is 48.5 Å². The lowest BCUT2D eigenvalue weighted by molar-refractivity contribution is -0.116. The van der Waals surface area contributed by atoms with Gasteiger partial charge >= 0.3 is 5.97 Å². The van der Waals surface area contributed by atoms with E-state index in [-0.39, 0.29) is 30.0 Å². The third-order valence-electron chi connectivity index (χ3n) is 7.30. The second kappa shape index (κ2) is 11.2. The Kier molecular flexibility index (Phi) is 7.18. The van der Waals surface area contributed by atoms with Crippen LogP contribution in [0.25, 0.3) is 16.5 Å². The van der Waals surface area contributed by atoms with Crippen LogP contribution < -0.4 is 10.6 Å². The fraction of sp³-hybridized carbons (Fsp3) is 0.125. The third-order valence-corrected chi connectivity index (χ3v) is 7.65. The Hall–Kier alpha value is -5.02. The van der Waals surface area contributed by atoms with E-state index in [1.807, 2.05) is 94.5 Å². The van der Waals surface area contributed by atoms with E-state index in [0.29, 0.717) is 11.7 Å². The maximum Gasteiger partial charge on any atom is 0.335 e. The molecule has 3 N–H and O–H groups in total. The van der Waals surface area contributed by atoms with Gasteiger partial charge in [0.15, 0.2) is 5.11 Å². The van der Waals surface area contributed by atoms with Crippen molar-refractivity contribution in [1.29, 1.82) is 0 Å². The highest BCUT2D eigenvalue weighted by Crippen LogP contribution is 2.39. The van der Waals surface area contributed by atoms with Gasteiger partial charge in [0.25, 0.3) is 0 Å². The van der Waals surface area contributed by atoms with Gasteiger partial charge < -0.3 is 25.2 Å². The second-order valence-electron chi connectivity index (χ2n) is 9.80. The van der Waals surface area contributed by atoms with E-state index in [0.717, 1.165) is 33.5 Å². The van der Waals surface area contributed by atoms with Crippen molar-refractivity contribution in [2.75, 3.05) is 11.9 Å². The summed E-state index contributed by atoms with van der Waals surface area (Å²) in [4.78, 5) is 31.4. The summed E-state index contributed by atoms with van der Waals surface area (Å²) in [5.74, 6) is -1.11. The number of fused-ring (bicyclic) bond motifs is 1. The lowest BCUT2D eigenvalue weighted by atomic mass is 10.0. The van der Waals surface area contributed by atoms with Crippen molar-refractivity contribution in [2.24, 2.45) is 0 Å². The molecule has 1 fully saturated rings. The third kappa shape index (κ3) is 5.27. The molecule has 0 saturated carbocycles. The predicted octanol–water partition coefficient (Wildman–Crippen LogP) is 5.73. The minimum atomic E-state index is -0.991. The Labute approximate surface area is 242 Å². The Balaban J connectivity index is 1.30. The highest BCUT2D eigenvalue weighted by molar-refractivity contribution is 7.80. The second-order valence-corrected chi connectivity index (χ2v) is 10.2. The first-order valence-corrected chi connectivity index (χ1v) is 13.7. The fourth-order valence-corrected chi connectivity index (χ4v) is 5.73. The number of amides is 1. The van der Waals surface area contributed by atoms with Crippen molar-refractivity contribution in [1.82, 2.24) is 19.8 Å². The van der Waals surface area contributed by atoms with Crippen LogP contribution in [0.15, 0.2) is 109 Å². The average Bonchev–Trinajstić information content (AvgIpc) is 3.61. The zero-order chi connectivity index (χ0) is 28.3. The van der Waals surface area contributed by atoms with Gasteiger partial charge in [0.2, 0.25) is 5.91 Å². The average molecular weight is 562 g/mol.